The van der Waals surface area contributed by atoms with Gasteiger partial charge < -0.3 is 4.90 Å². The van der Waals surface area contributed by atoms with Gasteiger partial charge in [-0.25, -0.2) is 0 Å². The zero-order valence-electron chi connectivity index (χ0n) is 12.2. The van der Waals surface area contributed by atoms with E-state index < -0.39 is 10.8 Å². The Morgan fingerprint density at radius 1 is 1.30 bits per heavy atom. The lowest BCUT2D eigenvalue weighted by molar-refractivity contribution is 0.208. The second-order valence-corrected chi connectivity index (χ2v) is 7.56. The third-order valence-electron chi connectivity index (χ3n) is 3.68. The molecule has 0 bridgehead atoms. The molecule has 1 aromatic carbocycles. The highest BCUT2D eigenvalue weighted by atomic mass is 32.2. The summed E-state index contributed by atoms with van der Waals surface area (Å²) in [6.45, 7) is 7.70. The normalized spacial score (nSPS) is 18.9. The maximum absolute atomic E-state index is 12.5. The van der Waals surface area contributed by atoms with Crippen LogP contribution in [0.4, 0.5) is 0 Å². The van der Waals surface area contributed by atoms with Crippen molar-refractivity contribution in [2.24, 2.45) is 5.92 Å². The van der Waals surface area contributed by atoms with Gasteiger partial charge in [-0.15, -0.1) is 0 Å². The van der Waals surface area contributed by atoms with Gasteiger partial charge in [0.2, 0.25) is 0 Å². The van der Waals surface area contributed by atoms with Crippen LogP contribution in [0.1, 0.15) is 32.3 Å². The molecule has 0 aliphatic carbocycles. The van der Waals surface area contributed by atoms with Gasteiger partial charge in [0.25, 0.3) is 0 Å². The number of hydrogen-bond acceptors (Lipinski definition) is 3. The molecule has 1 heterocycles. The zero-order chi connectivity index (χ0) is 14.5. The van der Waals surface area contributed by atoms with Gasteiger partial charge >= 0.3 is 0 Å². The molecule has 1 atom stereocenters. The fraction of sp³-hybridized carbons (Fsp3) is 0.562. The second kappa shape index (κ2) is 7.01. The van der Waals surface area contributed by atoms with Gasteiger partial charge in [0.15, 0.2) is 0 Å². The summed E-state index contributed by atoms with van der Waals surface area (Å²) in [6, 6.07) is 9.25. The summed E-state index contributed by atoms with van der Waals surface area (Å²) in [7, 11) is -0.944. The number of benzene rings is 1. The molecule has 1 aliphatic rings. The number of piperidine rings is 1. The van der Waals surface area contributed by atoms with Crippen LogP contribution in [-0.4, -0.2) is 34.0 Å². The SMILES string of the molecule is CC(C)CN1CCC(S(=O)c2ccc(C#N)cc2)CC1. The summed E-state index contributed by atoms with van der Waals surface area (Å²) >= 11 is 0. The predicted octanol–water partition coefficient (Wildman–Crippen LogP) is 2.79. The molecular formula is C16H22N2OS. The molecule has 1 saturated heterocycles. The van der Waals surface area contributed by atoms with Crippen LogP contribution in [0.15, 0.2) is 29.2 Å². The van der Waals surface area contributed by atoms with Crippen LogP contribution in [-0.2, 0) is 10.8 Å². The maximum atomic E-state index is 12.5. The number of likely N-dealkylation sites (tertiary alicyclic amines) is 1. The maximum Gasteiger partial charge on any atom is 0.0991 e. The highest BCUT2D eigenvalue weighted by Crippen LogP contribution is 2.22. The first-order valence-corrected chi connectivity index (χ1v) is 8.44. The van der Waals surface area contributed by atoms with Crippen molar-refractivity contribution in [1.29, 1.82) is 5.26 Å². The van der Waals surface area contributed by atoms with Gasteiger partial charge in [0.05, 0.1) is 22.4 Å². The van der Waals surface area contributed by atoms with Crippen LogP contribution in [0.5, 0.6) is 0 Å². The molecule has 1 aromatic rings. The van der Waals surface area contributed by atoms with E-state index in [0.29, 0.717) is 11.5 Å². The van der Waals surface area contributed by atoms with E-state index >= 15 is 0 Å². The van der Waals surface area contributed by atoms with Crippen molar-refractivity contribution in [1.82, 2.24) is 4.90 Å². The Balaban J connectivity index is 1.92. The molecule has 0 saturated carbocycles. The molecule has 3 nitrogen and oxygen atoms in total. The summed E-state index contributed by atoms with van der Waals surface area (Å²) in [5, 5.41) is 9.04. The zero-order valence-corrected chi connectivity index (χ0v) is 13.0. The number of hydrogen-bond donors (Lipinski definition) is 0. The molecule has 20 heavy (non-hydrogen) atoms. The average Bonchev–Trinajstić information content (AvgIpc) is 2.47. The van der Waals surface area contributed by atoms with E-state index in [1.165, 1.54) is 0 Å². The van der Waals surface area contributed by atoms with E-state index in [9.17, 15) is 4.21 Å². The van der Waals surface area contributed by atoms with E-state index in [2.05, 4.69) is 24.8 Å². The Labute approximate surface area is 124 Å². The van der Waals surface area contributed by atoms with Crippen LogP contribution in [0.3, 0.4) is 0 Å². The summed E-state index contributed by atoms with van der Waals surface area (Å²) in [5.74, 6) is 0.690. The van der Waals surface area contributed by atoms with E-state index in [-0.39, 0.29) is 5.25 Å². The van der Waals surface area contributed by atoms with Crippen molar-refractivity contribution in [3.63, 3.8) is 0 Å². The van der Waals surface area contributed by atoms with Gasteiger partial charge in [-0.3, -0.25) is 4.21 Å². The predicted molar refractivity (Wildman–Crippen MR) is 81.9 cm³/mol. The van der Waals surface area contributed by atoms with E-state index in [1.807, 2.05) is 12.1 Å². The molecule has 108 valence electrons. The topological polar surface area (TPSA) is 44.1 Å². The highest BCUT2D eigenvalue weighted by molar-refractivity contribution is 7.85. The Hall–Kier alpha value is -1.18. The fourth-order valence-electron chi connectivity index (χ4n) is 2.68. The van der Waals surface area contributed by atoms with Gasteiger partial charge in [-0.1, -0.05) is 13.8 Å². The molecule has 0 radical (unpaired) electrons. The third kappa shape index (κ3) is 3.91. The van der Waals surface area contributed by atoms with Crippen LogP contribution in [0.2, 0.25) is 0 Å². The van der Waals surface area contributed by atoms with Crippen LogP contribution >= 0.6 is 0 Å². The molecular weight excluding hydrogens is 268 g/mol. The largest absolute Gasteiger partial charge is 0.303 e. The number of rotatable bonds is 4. The summed E-state index contributed by atoms with van der Waals surface area (Å²) in [5.41, 5.74) is 0.623. The molecule has 1 aliphatic heterocycles. The first-order chi connectivity index (χ1) is 9.60. The van der Waals surface area contributed by atoms with Gasteiger partial charge in [-0.05, 0) is 56.1 Å². The fourth-order valence-corrected chi connectivity index (χ4v) is 4.11. The minimum absolute atomic E-state index is 0.256. The smallest absolute Gasteiger partial charge is 0.0991 e. The lowest BCUT2D eigenvalue weighted by Gasteiger charge is -2.32. The Bertz CT molecular complexity index is 496. The minimum atomic E-state index is -0.944. The molecule has 1 unspecified atom stereocenters. The van der Waals surface area contributed by atoms with Crippen LogP contribution in [0.25, 0.3) is 0 Å². The molecule has 2 rings (SSSR count). The summed E-state index contributed by atoms with van der Waals surface area (Å²) < 4.78 is 12.5. The van der Waals surface area contributed by atoms with Crippen molar-refractivity contribution in [2.75, 3.05) is 19.6 Å². The van der Waals surface area contributed by atoms with Gasteiger partial charge in [0.1, 0.15) is 0 Å². The van der Waals surface area contributed by atoms with Gasteiger partial charge in [-0.2, -0.15) is 5.26 Å². The monoisotopic (exact) mass is 290 g/mol. The van der Waals surface area contributed by atoms with Crippen molar-refractivity contribution < 1.29 is 4.21 Å². The first-order valence-electron chi connectivity index (χ1n) is 7.23. The first kappa shape index (κ1) is 15.2. The lowest BCUT2D eigenvalue weighted by Crippen LogP contribution is -2.39. The minimum Gasteiger partial charge on any atom is -0.303 e. The quantitative estimate of drug-likeness (QED) is 0.856. The average molecular weight is 290 g/mol. The standard InChI is InChI=1S/C16H22N2OS/c1-13(2)12-18-9-7-16(8-10-18)20(19)15-5-3-14(11-17)4-6-15/h3-6,13,16H,7-10,12H2,1-2H3. The van der Waals surface area contributed by atoms with Crippen LogP contribution < -0.4 is 0 Å². The van der Waals surface area contributed by atoms with Crippen molar-refractivity contribution >= 4 is 10.8 Å². The Morgan fingerprint density at radius 3 is 2.40 bits per heavy atom. The van der Waals surface area contributed by atoms with Crippen molar-refractivity contribution in [2.45, 2.75) is 36.8 Å². The molecule has 0 aromatic heterocycles. The summed E-state index contributed by atoms with van der Waals surface area (Å²) in [6.07, 6.45) is 2.00. The van der Waals surface area contributed by atoms with E-state index in [1.54, 1.807) is 12.1 Å². The van der Waals surface area contributed by atoms with Gasteiger partial charge in [0, 0.05) is 16.7 Å². The second-order valence-electron chi connectivity index (χ2n) is 5.83. The molecule has 1 fully saturated rings. The van der Waals surface area contributed by atoms with E-state index in [4.69, 9.17) is 5.26 Å². The molecule has 0 N–H and O–H groups in total. The highest BCUT2D eigenvalue weighted by Gasteiger charge is 2.24. The van der Waals surface area contributed by atoms with Crippen molar-refractivity contribution in [3.8, 4) is 6.07 Å². The molecule has 0 amide bonds. The summed E-state index contributed by atoms with van der Waals surface area (Å²) in [4.78, 5) is 3.32. The molecule has 0 spiro atoms. The Kier molecular flexibility index (Phi) is 5.33. The Morgan fingerprint density at radius 2 is 1.90 bits per heavy atom. The third-order valence-corrected chi connectivity index (χ3v) is 5.49. The number of nitriles is 1. The van der Waals surface area contributed by atoms with E-state index in [0.717, 1.165) is 37.4 Å². The lowest BCUT2D eigenvalue weighted by atomic mass is 10.1. The molecule has 4 heteroatoms. The number of nitrogens with zero attached hydrogens (tertiary/aromatic N) is 2. The van der Waals surface area contributed by atoms with Crippen molar-refractivity contribution in [3.05, 3.63) is 29.8 Å². The van der Waals surface area contributed by atoms with Crippen LogP contribution in [0, 0.1) is 17.2 Å².